The van der Waals surface area contributed by atoms with Gasteiger partial charge in [0.1, 0.15) is 23.5 Å². The number of nitrogens with one attached hydrogen (secondary N) is 1. The number of aliphatic hydroxyl groups is 1. The molecule has 3 atom stereocenters. The largest absolute Gasteiger partial charge is 0.487 e. The average molecular weight is 373 g/mol. The second-order valence-corrected chi connectivity index (χ2v) is 9.17. The molecule has 2 aliphatic heterocycles. The van der Waals surface area contributed by atoms with Crippen molar-refractivity contribution in [3.63, 3.8) is 0 Å². The highest BCUT2D eigenvalue weighted by Crippen LogP contribution is 2.43. The lowest BCUT2D eigenvalue weighted by molar-refractivity contribution is -0.248. The van der Waals surface area contributed by atoms with E-state index in [9.17, 15) is 10.3 Å². The Labute approximate surface area is 160 Å². The van der Waals surface area contributed by atoms with E-state index < -0.39 is 11.6 Å². The summed E-state index contributed by atoms with van der Waals surface area (Å²) in [5.74, 6) is 1.07. The van der Waals surface area contributed by atoms with Crippen LogP contribution in [-0.2, 0) is 11.6 Å². The Morgan fingerprint density at radius 2 is 2.11 bits per heavy atom. The molecule has 3 unspecified atom stereocenters. The Bertz CT molecular complexity index is 789. The zero-order chi connectivity index (χ0) is 19.4. The highest BCUT2D eigenvalue weighted by molar-refractivity contribution is 5.80. The third-order valence-corrected chi connectivity index (χ3v) is 6.33. The van der Waals surface area contributed by atoms with Crippen molar-refractivity contribution < 1.29 is 19.5 Å². The Hall–Kier alpha value is -1.60. The topological polar surface area (TPSA) is 77.8 Å². The number of hydroxylamine groups is 2. The van der Waals surface area contributed by atoms with Crippen LogP contribution in [-0.4, -0.2) is 46.5 Å². The van der Waals surface area contributed by atoms with Crippen LogP contribution in [0.15, 0.2) is 28.9 Å². The van der Waals surface area contributed by atoms with Gasteiger partial charge in [-0.05, 0) is 64.8 Å². The van der Waals surface area contributed by atoms with Crippen molar-refractivity contribution in [1.29, 1.82) is 0 Å². The van der Waals surface area contributed by atoms with Gasteiger partial charge in [-0.15, -0.1) is 10.3 Å². The zero-order valence-electron chi connectivity index (χ0n) is 16.5. The van der Waals surface area contributed by atoms with Crippen LogP contribution in [0.25, 0.3) is 11.0 Å². The predicted molar refractivity (Wildman–Crippen MR) is 102 cm³/mol. The van der Waals surface area contributed by atoms with Gasteiger partial charge in [0.2, 0.25) is 0 Å². The van der Waals surface area contributed by atoms with Gasteiger partial charge in [0.15, 0.2) is 0 Å². The molecular formula is C21H29N2O4. The van der Waals surface area contributed by atoms with E-state index in [-0.39, 0.29) is 17.6 Å². The highest BCUT2D eigenvalue weighted by Gasteiger charge is 2.52. The molecule has 0 amide bonds. The summed E-state index contributed by atoms with van der Waals surface area (Å²) in [5, 5.41) is 28.7. The summed E-state index contributed by atoms with van der Waals surface area (Å²) in [4.78, 5) is 0. The molecule has 27 heavy (non-hydrogen) atoms. The van der Waals surface area contributed by atoms with E-state index in [2.05, 4.69) is 5.32 Å². The maximum absolute atomic E-state index is 12.5. The molecule has 0 saturated carbocycles. The van der Waals surface area contributed by atoms with Crippen LogP contribution in [0.5, 0.6) is 5.75 Å². The van der Waals surface area contributed by atoms with Crippen molar-refractivity contribution in [2.24, 2.45) is 5.92 Å². The SMILES string of the molecule is CC1(C)CC(CNCC(O)C2Cc3cc4occc4cc3O2)C(C)(C)N1[O]. The van der Waals surface area contributed by atoms with Crippen molar-refractivity contribution >= 4 is 11.0 Å². The fraction of sp³-hybridized carbons (Fsp3) is 0.619. The van der Waals surface area contributed by atoms with Gasteiger partial charge in [-0.25, -0.2) is 0 Å². The Kier molecular flexibility index (Phi) is 4.50. The third-order valence-electron chi connectivity index (χ3n) is 6.33. The first-order valence-corrected chi connectivity index (χ1v) is 9.71. The van der Waals surface area contributed by atoms with Gasteiger partial charge in [0, 0.05) is 35.0 Å². The lowest BCUT2D eigenvalue weighted by Crippen LogP contribution is -2.48. The number of hydrogen-bond acceptors (Lipinski definition) is 5. The monoisotopic (exact) mass is 373 g/mol. The molecule has 0 aliphatic carbocycles. The first kappa shape index (κ1) is 18.7. The summed E-state index contributed by atoms with van der Waals surface area (Å²) in [6.07, 6.45) is 2.32. The summed E-state index contributed by atoms with van der Waals surface area (Å²) >= 11 is 0. The summed E-state index contributed by atoms with van der Waals surface area (Å²) < 4.78 is 11.4. The van der Waals surface area contributed by atoms with Crippen LogP contribution in [0, 0.1) is 5.92 Å². The van der Waals surface area contributed by atoms with Gasteiger partial charge in [0.05, 0.1) is 6.26 Å². The summed E-state index contributed by atoms with van der Waals surface area (Å²) in [7, 11) is 0. The minimum absolute atomic E-state index is 0.241. The number of ether oxygens (including phenoxy) is 1. The minimum atomic E-state index is -0.607. The van der Waals surface area contributed by atoms with E-state index in [4.69, 9.17) is 9.15 Å². The standard InChI is InChI=1S/C21H29N2O4/c1-20(2)10-15(21(3,4)23(20)25)11-22-12-16(24)19-9-14-8-17-13(5-6-26-17)7-18(14)27-19/h5-8,15-16,19,22,24H,9-12H2,1-4H3. The maximum Gasteiger partial charge on any atom is 0.134 e. The molecule has 6 heteroatoms. The van der Waals surface area contributed by atoms with Crippen LogP contribution in [0.3, 0.4) is 0 Å². The van der Waals surface area contributed by atoms with Crippen molar-refractivity contribution in [1.82, 2.24) is 10.4 Å². The second kappa shape index (κ2) is 6.48. The Morgan fingerprint density at radius 1 is 1.33 bits per heavy atom. The number of furan rings is 1. The molecule has 6 nitrogen and oxygen atoms in total. The fourth-order valence-electron chi connectivity index (χ4n) is 4.68. The van der Waals surface area contributed by atoms with E-state index in [1.54, 1.807) is 6.26 Å². The van der Waals surface area contributed by atoms with E-state index in [1.807, 2.05) is 45.9 Å². The second-order valence-electron chi connectivity index (χ2n) is 9.17. The normalized spacial score (nSPS) is 27.6. The number of aliphatic hydroxyl groups excluding tert-OH is 1. The predicted octanol–water partition coefficient (Wildman–Crippen LogP) is 2.91. The van der Waals surface area contributed by atoms with Gasteiger partial charge in [0.25, 0.3) is 0 Å². The first-order valence-electron chi connectivity index (χ1n) is 9.71. The van der Waals surface area contributed by atoms with Crippen LogP contribution in [0.1, 0.15) is 39.7 Å². The summed E-state index contributed by atoms with van der Waals surface area (Å²) in [5.41, 5.74) is 1.16. The molecule has 2 aliphatic rings. The Balaban J connectivity index is 1.32. The average Bonchev–Trinajstić information content (AvgIpc) is 3.26. The van der Waals surface area contributed by atoms with Crippen LogP contribution in [0.4, 0.5) is 0 Å². The number of rotatable bonds is 5. The molecule has 0 bridgehead atoms. The fourth-order valence-corrected chi connectivity index (χ4v) is 4.68. The van der Waals surface area contributed by atoms with Gasteiger partial charge in [-0.3, -0.25) is 0 Å². The number of benzene rings is 1. The zero-order valence-corrected chi connectivity index (χ0v) is 16.5. The first-order chi connectivity index (χ1) is 12.7. The summed E-state index contributed by atoms with van der Waals surface area (Å²) in [6.45, 7) is 9.15. The molecule has 0 spiro atoms. The third kappa shape index (κ3) is 3.25. The van der Waals surface area contributed by atoms with Gasteiger partial charge in [-0.1, -0.05) is 0 Å². The van der Waals surface area contributed by atoms with E-state index in [0.717, 1.165) is 28.7 Å². The van der Waals surface area contributed by atoms with Crippen molar-refractivity contribution in [3.05, 3.63) is 30.0 Å². The van der Waals surface area contributed by atoms with Crippen LogP contribution in [0.2, 0.25) is 0 Å². The van der Waals surface area contributed by atoms with Crippen molar-refractivity contribution in [3.8, 4) is 5.75 Å². The molecule has 2 N–H and O–H groups in total. The maximum atomic E-state index is 12.5. The van der Waals surface area contributed by atoms with Gasteiger partial charge >= 0.3 is 0 Å². The molecule has 1 fully saturated rings. The lowest BCUT2D eigenvalue weighted by atomic mass is 9.87. The molecule has 3 heterocycles. The summed E-state index contributed by atoms with van der Waals surface area (Å²) in [6, 6.07) is 5.88. The number of fused-ring (bicyclic) bond motifs is 2. The molecule has 1 aromatic carbocycles. The molecule has 4 rings (SSSR count). The van der Waals surface area contributed by atoms with E-state index in [1.165, 1.54) is 5.06 Å². The smallest absolute Gasteiger partial charge is 0.134 e. The molecule has 1 radical (unpaired) electrons. The van der Waals surface area contributed by atoms with Crippen molar-refractivity contribution in [2.75, 3.05) is 13.1 Å². The molecule has 1 aromatic heterocycles. The number of nitrogens with zero attached hydrogens (tertiary/aromatic N) is 1. The van der Waals surface area contributed by atoms with Gasteiger partial charge < -0.3 is 19.6 Å². The highest BCUT2D eigenvalue weighted by atomic mass is 16.5. The molecule has 147 valence electrons. The molecular weight excluding hydrogens is 344 g/mol. The van der Waals surface area contributed by atoms with Crippen LogP contribution >= 0.6 is 0 Å². The Morgan fingerprint density at radius 3 is 2.81 bits per heavy atom. The molecule has 1 saturated heterocycles. The quantitative estimate of drug-likeness (QED) is 0.843. The van der Waals surface area contributed by atoms with Gasteiger partial charge in [-0.2, -0.15) is 0 Å². The van der Waals surface area contributed by atoms with Crippen LogP contribution < -0.4 is 10.1 Å². The minimum Gasteiger partial charge on any atom is -0.487 e. The lowest BCUT2D eigenvalue weighted by Gasteiger charge is -2.34. The van der Waals surface area contributed by atoms with E-state index in [0.29, 0.717) is 19.5 Å². The van der Waals surface area contributed by atoms with E-state index >= 15 is 0 Å². The van der Waals surface area contributed by atoms with Crippen molar-refractivity contribution in [2.45, 2.75) is 63.8 Å². The molecule has 2 aromatic rings. The number of hydrogen-bond donors (Lipinski definition) is 2.